The molecule has 0 aromatic heterocycles. The van der Waals surface area contributed by atoms with Crippen LogP contribution < -0.4 is 14.8 Å². The minimum Gasteiger partial charge on any atom is -0.491 e. The fraction of sp³-hybridized carbons (Fsp3) is 0.533. The van der Waals surface area contributed by atoms with Crippen molar-refractivity contribution in [3.63, 3.8) is 0 Å². The van der Waals surface area contributed by atoms with Crippen LogP contribution in [0.5, 0.6) is 11.5 Å². The topological polar surface area (TPSA) is 60.1 Å². The smallest absolute Gasteiger partial charge is 0.310 e. The normalized spacial score (nSPS) is 20.4. The molecule has 5 nitrogen and oxygen atoms in total. The van der Waals surface area contributed by atoms with Crippen molar-refractivity contribution in [3.8, 4) is 11.5 Å². The highest BCUT2D eigenvalue weighted by Crippen LogP contribution is 2.35. The van der Waals surface area contributed by atoms with Gasteiger partial charge in [-0.3, -0.25) is 4.79 Å². The van der Waals surface area contributed by atoms with Crippen LogP contribution in [0.3, 0.4) is 0 Å². The third kappa shape index (κ3) is 3.87. The van der Waals surface area contributed by atoms with E-state index < -0.39 is 0 Å². The van der Waals surface area contributed by atoms with E-state index in [9.17, 15) is 4.79 Å². The van der Waals surface area contributed by atoms with Crippen LogP contribution in [0.4, 0.5) is 5.69 Å². The highest BCUT2D eigenvalue weighted by Gasteiger charge is 2.39. The molecular weight excluding hydrogens is 258 g/mol. The maximum Gasteiger partial charge on any atom is 0.310 e. The highest BCUT2D eigenvalue weighted by molar-refractivity contribution is 5.73. The summed E-state index contributed by atoms with van der Waals surface area (Å²) >= 11 is 0. The van der Waals surface area contributed by atoms with Gasteiger partial charge in [0, 0.05) is 12.5 Å². The Hall–Kier alpha value is -1.75. The van der Waals surface area contributed by atoms with E-state index in [0.717, 1.165) is 12.1 Å². The van der Waals surface area contributed by atoms with Crippen LogP contribution in [0.1, 0.15) is 33.6 Å². The number of ether oxygens (including phenoxy) is 3. The van der Waals surface area contributed by atoms with Gasteiger partial charge < -0.3 is 19.5 Å². The molecule has 1 N–H and O–H groups in total. The Kier molecular flexibility index (Phi) is 4.49. The Morgan fingerprint density at radius 3 is 2.80 bits per heavy atom. The molecule has 0 amide bonds. The van der Waals surface area contributed by atoms with Gasteiger partial charge in [0.05, 0.1) is 18.9 Å². The Labute approximate surface area is 119 Å². The average Bonchev–Trinajstić information content (AvgIpc) is 3.16. The maximum absolute atomic E-state index is 11.3. The molecule has 1 unspecified atom stereocenters. The lowest BCUT2D eigenvalue weighted by atomic mass is 10.2. The largest absolute Gasteiger partial charge is 0.491 e. The van der Waals surface area contributed by atoms with E-state index in [2.05, 4.69) is 5.32 Å². The lowest BCUT2D eigenvalue weighted by Crippen LogP contribution is -2.19. The van der Waals surface area contributed by atoms with Crippen LogP contribution >= 0.6 is 0 Å². The molecule has 1 saturated heterocycles. The zero-order chi connectivity index (χ0) is 14.6. The second-order valence-electron chi connectivity index (χ2n) is 4.98. The van der Waals surface area contributed by atoms with Crippen molar-refractivity contribution in [1.82, 2.24) is 0 Å². The monoisotopic (exact) mass is 279 g/mol. The third-order valence-electron chi connectivity index (χ3n) is 2.91. The Balaban J connectivity index is 2.15. The number of epoxide rings is 1. The zero-order valence-electron chi connectivity index (χ0n) is 12.2. The molecule has 2 rings (SSSR count). The Bertz CT molecular complexity index is 483. The van der Waals surface area contributed by atoms with E-state index in [0.29, 0.717) is 31.1 Å². The second-order valence-corrected chi connectivity index (χ2v) is 4.98. The molecule has 1 aromatic rings. The van der Waals surface area contributed by atoms with E-state index in [1.54, 1.807) is 19.1 Å². The van der Waals surface area contributed by atoms with E-state index in [-0.39, 0.29) is 11.7 Å². The zero-order valence-corrected chi connectivity index (χ0v) is 12.2. The number of carbonyl (C=O) groups excluding carboxylic acids is 1. The fourth-order valence-electron chi connectivity index (χ4n) is 1.67. The molecule has 0 saturated carbocycles. The van der Waals surface area contributed by atoms with Crippen LogP contribution in [0.15, 0.2) is 18.2 Å². The number of esters is 1. The van der Waals surface area contributed by atoms with Gasteiger partial charge in [-0.25, -0.2) is 0 Å². The summed E-state index contributed by atoms with van der Waals surface area (Å²) in [6, 6.07) is 5.33. The molecular formula is C15H21NO4. The standard InChI is InChI=1S/C15H21NO4/c1-4-8-18-13-9-11(20-14(17)5-2)6-7-12(13)16-15(3)10-19-15/h6-7,9,16H,4-5,8,10H2,1-3H3. The number of hydrogen-bond donors (Lipinski definition) is 1. The molecule has 0 spiro atoms. The van der Waals surface area contributed by atoms with Gasteiger partial charge >= 0.3 is 5.97 Å². The summed E-state index contributed by atoms with van der Waals surface area (Å²) in [4.78, 5) is 11.3. The van der Waals surface area contributed by atoms with Crippen LogP contribution in [-0.2, 0) is 9.53 Å². The molecule has 1 fully saturated rings. The van der Waals surface area contributed by atoms with Crippen molar-refractivity contribution >= 4 is 11.7 Å². The second kappa shape index (κ2) is 6.13. The molecule has 0 aliphatic carbocycles. The van der Waals surface area contributed by atoms with Gasteiger partial charge in [-0.15, -0.1) is 0 Å². The molecule has 5 heteroatoms. The lowest BCUT2D eigenvalue weighted by Gasteiger charge is -2.16. The first-order valence-corrected chi connectivity index (χ1v) is 6.96. The summed E-state index contributed by atoms with van der Waals surface area (Å²) in [7, 11) is 0. The van der Waals surface area contributed by atoms with Gasteiger partial charge in [-0.1, -0.05) is 13.8 Å². The molecule has 0 bridgehead atoms. The SMILES string of the molecule is CCCOc1cc(OC(=O)CC)ccc1NC1(C)CO1. The van der Waals surface area contributed by atoms with E-state index in [1.165, 1.54) is 0 Å². The van der Waals surface area contributed by atoms with E-state index in [1.807, 2.05) is 19.9 Å². The summed E-state index contributed by atoms with van der Waals surface area (Å²) in [6.45, 7) is 7.06. The van der Waals surface area contributed by atoms with E-state index >= 15 is 0 Å². The predicted octanol–water partition coefficient (Wildman–Crippen LogP) is 2.95. The van der Waals surface area contributed by atoms with Gasteiger partial charge in [-0.05, 0) is 25.5 Å². The van der Waals surface area contributed by atoms with Crippen molar-refractivity contribution in [2.75, 3.05) is 18.5 Å². The van der Waals surface area contributed by atoms with Crippen molar-refractivity contribution in [2.24, 2.45) is 0 Å². The van der Waals surface area contributed by atoms with Crippen molar-refractivity contribution < 1.29 is 19.0 Å². The van der Waals surface area contributed by atoms with E-state index in [4.69, 9.17) is 14.2 Å². The minimum atomic E-state index is -0.314. The first-order chi connectivity index (χ1) is 9.56. The Morgan fingerprint density at radius 1 is 1.45 bits per heavy atom. The van der Waals surface area contributed by atoms with Crippen molar-refractivity contribution in [2.45, 2.75) is 39.3 Å². The van der Waals surface area contributed by atoms with Gasteiger partial charge in [0.15, 0.2) is 5.72 Å². The first kappa shape index (κ1) is 14.7. The molecule has 1 heterocycles. The predicted molar refractivity (Wildman–Crippen MR) is 76.1 cm³/mol. The van der Waals surface area contributed by atoms with Crippen LogP contribution in [0.2, 0.25) is 0 Å². The van der Waals surface area contributed by atoms with Gasteiger partial charge in [-0.2, -0.15) is 0 Å². The number of nitrogens with one attached hydrogen (secondary N) is 1. The molecule has 0 radical (unpaired) electrons. The molecule has 1 aromatic carbocycles. The number of anilines is 1. The summed E-state index contributed by atoms with van der Waals surface area (Å²) in [5, 5.41) is 3.28. The number of benzene rings is 1. The highest BCUT2D eigenvalue weighted by atomic mass is 16.6. The fourth-order valence-corrected chi connectivity index (χ4v) is 1.67. The number of rotatable bonds is 7. The number of carbonyl (C=O) groups is 1. The first-order valence-electron chi connectivity index (χ1n) is 6.96. The lowest BCUT2D eigenvalue weighted by molar-refractivity contribution is -0.134. The van der Waals surface area contributed by atoms with Gasteiger partial charge in [0.2, 0.25) is 0 Å². The van der Waals surface area contributed by atoms with Crippen molar-refractivity contribution in [3.05, 3.63) is 18.2 Å². The van der Waals surface area contributed by atoms with Gasteiger partial charge in [0.25, 0.3) is 0 Å². The third-order valence-corrected chi connectivity index (χ3v) is 2.91. The molecule has 1 aliphatic rings. The number of hydrogen-bond acceptors (Lipinski definition) is 5. The molecule has 1 aliphatic heterocycles. The van der Waals surface area contributed by atoms with Crippen molar-refractivity contribution in [1.29, 1.82) is 0 Å². The quantitative estimate of drug-likeness (QED) is 0.472. The van der Waals surface area contributed by atoms with Crippen LogP contribution in [0.25, 0.3) is 0 Å². The average molecular weight is 279 g/mol. The summed E-state index contributed by atoms with van der Waals surface area (Å²) in [5.74, 6) is 0.907. The molecule has 110 valence electrons. The van der Waals surface area contributed by atoms with Crippen LogP contribution in [-0.4, -0.2) is 24.9 Å². The van der Waals surface area contributed by atoms with Crippen LogP contribution in [0, 0.1) is 0 Å². The summed E-state index contributed by atoms with van der Waals surface area (Å²) in [5.41, 5.74) is 0.529. The molecule has 1 atom stereocenters. The Morgan fingerprint density at radius 2 is 2.20 bits per heavy atom. The summed E-state index contributed by atoms with van der Waals surface area (Å²) < 4.78 is 16.2. The minimum absolute atomic E-state index is 0.260. The molecule has 20 heavy (non-hydrogen) atoms. The maximum atomic E-state index is 11.3. The van der Waals surface area contributed by atoms with Gasteiger partial charge in [0.1, 0.15) is 11.5 Å². The summed E-state index contributed by atoms with van der Waals surface area (Å²) in [6.07, 6.45) is 1.25.